The molecule has 4 rings (SSSR count). The van der Waals surface area contributed by atoms with Crippen LogP contribution in [0, 0.1) is 5.92 Å². The molecule has 0 radical (unpaired) electrons. The molecule has 0 bridgehead atoms. The van der Waals surface area contributed by atoms with Gasteiger partial charge in [0.15, 0.2) is 0 Å². The van der Waals surface area contributed by atoms with E-state index in [-0.39, 0.29) is 28.1 Å². The first kappa shape index (κ1) is 25.4. The minimum atomic E-state index is -3.91. The lowest BCUT2D eigenvalue weighted by Crippen LogP contribution is -2.43. The van der Waals surface area contributed by atoms with Crippen LogP contribution in [-0.4, -0.2) is 51.4 Å². The normalized spacial score (nSPS) is 16.7. The molecule has 1 amide bonds. The van der Waals surface area contributed by atoms with Crippen LogP contribution in [0.1, 0.15) is 29.4 Å². The van der Waals surface area contributed by atoms with Crippen LogP contribution in [0.5, 0.6) is 5.75 Å². The quantitative estimate of drug-likeness (QED) is 0.436. The van der Waals surface area contributed by atoms with Gasteiger partial charge in [-0.05, 0) is 67.6 Å². The zero-order valence-corrected chi connectivity index (χ0v) is 21.6. The number of thiophene rings is 1. The van der Waals surface area contributed by atoms with Crippen molar-refractivity contribution in [1.82, 2.24) is 4.31 Å². The van der Waals surface area contributed by atoms with E-state index in [4.69, 9.17) is 21.1 Å². The van der Waals surface area contributed by atoms with E-state index >= 15 is 0 Å². The number of halogens is 1. The number of hydrogen-bond donors (Lipinski definition) is 1. The fourth-order valence-electron chi connectivity index (χ4n) is 4.04. The third-order valence-electron chi connectivity index (χ3n) is 5.75. The zero-order chi connectivity index (χ0) is 25.2. The van der Waals surface area contributed by atoms with Crippen LogP contribution in [-0.2, 0) is 19.6 Å². The van der Waals surface area contributed by atoms with Gasteiger partial charge in [-0.15, -0.1) is 11.3 Å². The van der Waals surface area contributed by atoms with E-state index < -0.39 is 21.9 Å². The molecule has 1 N–H and O–H groups in total. The average Bonchev–Trinajstić information content (AvgIpc) is 3.28. The fourth-order valence-corrected chi connectivity index (χ4v) is 6.92. The van der Waals surface area contributed by atoms with Gasteiger partial charge in [0.2, 0.25) is 15.9 Å². The highest BCUT2D eigenvalue weighted by Gasteiger charge is 2.35. The highest BCUT2D eigenvalue weighted by atomic mass is 35.5. The van der Waals surface area contributed by atoms with E-state index in [0.717, 1.165) is 10.1 Å². The Morgan fingerprint density at radius 2 is 2.00 bits per heavy atom. The van der Waals surface area contributed by atoms with Crippen molar-refractivity contribution < 1.29 is 27.5 Å². The first-order valence-corrected chi connectivity index (χ1v) is 13.7. The minimum absolute atomic E-state index is 0.00257. The second-order valence-electron chi connectivity index (χ2n) is 8.07. The molecule has 0 spiro atoms. The summed E-state index contributed by atoms with van der Waals surface area (Å²) < 4.78 is 39.3. The Bertz CT molecular complexity index is 1370. The molecule has 0 aliphatic carbocycles. The van der Waals surface area contributed by atoms with Crippen LogP contribution >= 0.6 is 22.9 Å². The van der Waals surface area contributed by atoms with E-state index in [0.29, 0.717) is 36.6 Å². The van der Waals surface area contributed by atoms with E-state index in [2.05, 4.69) is 5.32 Å². The van der Waals surface area contributed by atoms with Crippen LogP contribution < -0.4 is 10.1 Å². The van der Waals surface area contributed by atoms with Crippen LogP contribution in [0.15, 0.2) is 47.4 Å². The summed E-state index contributed by atoms with van der Waals surface area (Å²) in [6.07, 6.45) is 1.12. The molecule has 1 saturated heterocycles. The standard InChI is InChI=1S/C24H25ClN2O6S2/c1-3-33-19-8-6-17(25)13-22(19)35(30,31)27-10-4-5-15(14-27)23(28)26-18-7-9-20-16(11-18)12-21(34-20)24(29)32-2/h6-9,11-13,15H,3-5,10,14H2,1-2H3,(H,26,28)/t15-/m1/s1. The maximum atomic E-state index is 13.4. The number of ether oxygens (including phenoxy) is 2. The average molecular weight is 537 g/mol. The van der Waals surface area contributed by atoms with Gasteiger partial charge in [0.25, 0.3) is 0 Å². The molecular formula is C24H25ClN2O6S2. The van der Waals surface area contributed by atoms with Crippen molar-refractivity contribution in [2.75, 3.05) is 32.1 Å². The molecular weight excluding hydrogens is 512 g/mol. The molecule has 186 valence electrons. The van der Waals surface area contributed by atoms with Crippen molar-refractivity contribution in [2.24, 2.45) is 5.92 Å². The van der Waals surface area contributed by atoms with Crippen molar-refractivity contribution in [2.45, 2.75) is 24.7 Å². The number of anilines is 1. The van der Waals surface area contributed by atoms with Gasteiger partial charge >= 0.3 is 5.97 Å². The van der Waals surface area contributed by atoms with Crippen molar-refractivity contribution in [1.29, 1.82) is 0 Å². The number of carbonyl (C=O) groups is 2. The number of amides is 1. The molecule has 2 aromatic carbocycles. The smallest absolute Gasteiger partial charge is 0.348 e. The lowest BCUT2D eigenvalue weighted by molar-refractivity contribution is -0.120. The molecule has 11 heteroatoms. The van der Waals surface area contributed by atoms with Gasteiger partial charge in [0, 0.05) is 28.5 Å². The number of nitrogens with zero attached hydrogens (tertiary/aromatic N) is 1. The number of nitrogens with one attached hydrogen (secondary N) is 1. The number of hydrogen-bond acceptors (Lipinski definition) is 7. The van der Waals surface area contributed by atoms with E-state index in [1.165, 1.54) is 28.8 Å². The van der Waals surface area contributed by atoms with Gasteiger partial charge in [-0.25, -0.2) is 13.2 Å². The fraction of sp³-hybridized carbons (Fsp3) is 0.333. The third-order valence-corrected chi connectivity index (χ3v) is 8.97. The lowest BCUT2D eigenvalue weighted by Gasteiger charge is -2.31. The Kier molecular flexibility index (Phi) is 7.65. The summed E-state index contributed by atoms with van der Waals surface area (Å²) in [7, 11) is -2.58. The predicted octanol–water partition coefficient (Wildman–Crippen LogP) is 4.78. The number of piperidine rings is 1. The SMILES string of the molecule is CCOc1ccc(Cl)cc1S(=O)(=O)N1CCC[C@@H](C(=O)Nc2ccc3sc(C(=O)OC)cc3c2)C1. The van der Waals surface area contributed by atoms with Gasteiger partial charge in [-0.1, -0.05) is 11.6 Å². The number of sulfonamides is 1. The Balaban J connectivity index is 1.50. The number of carbonyl (C=O) groups excluding carboxylic acids is 2. The molecule has 35 heavy (non-hydrogen) atoms. The van der Waals surface area contributed by atoms with Crippen molar-refractivity contribution >= 4 is 60.6 Å². The van der Waals surface area contributed by atoms with E-state index in [9.17, 15) is 18.0 Å². The summed E-state index contributed by atoms with van der Waals surface area (Å²) >= 11 is 7.38. The van der Waals surface area contributed by atoms with Gasteiger partial charge in [-0.2, -0.15) is 4.31 Å². The summed E-state index contributed by atoms with van der Waals surface area (Å²) in [6, 6.07) is 11.6. The number of benzene rings is 2. The van der Waals surface area contributed by atoms with Gasteiger partial charge in [0.1, 0.15) is 15.5 Å². The third kappa shape index (κ3) is 5.45. The summed E-state index contributed by atoms with van der Waals surface area (Å²) in [6.45, 7) is 2.45. The van der Waals surface area contributed by atoms with E-state index in [1.807, 2.05) is 6.07 Å². The molecule has 0 unspecified atom stereocenters. The summed E-state index contributed by atoms with van der Waals surface area (Å²) in [5.74, 6) is -0.952. The second-order valence-corrected chi connectivity index (χ2v) is 11.5. The lowest BCUT2D eigenvalue weighted by atomic mass is 9.98. The zero-order valence-electron chi connectivity index (χ0n) is 19.2. The van der Waals surface area contributed by atoms with Crippen molar-refractivity contribution in [3.8, 4) is 5.75 Å². The van der Waals surface area contributed by atoms with Crippen molar-refractivity contribution in [3.63, 3.8) is 0 Å². The number of esters is 1. The molecule has 1 aliphatic rings. The van der Waals surface area contributed by atoms with Crippen LogP contribution in [0.25, 0.3) is 10.1 Å². The highest BCUT2D eigenvalue weighted by molar-refractivity contribution is 7.89. The Morgan fingerprint density at radius 3 is 2.74 bits per heavy atom. The Morgan fingerprint density at radius 1 is 1.20 bits per heavy atom. The van der Waals surface area contributed by atoms with Gasteiger partial charge < -0.3 is 14.8 Å². The first-order chi connectivity index (χ1) is 16.7. The molecule has 1 atom stereocenters. The topological polar surface area (TPSA) is 102 Å². The van der Waals surface area contributed by atoms with E-state index in [1.54, 1.807) is 37.3 Å². The van der Waals surface area contributed by atoms with Gasteiger partial charge in [-0.3, -0.25) is 4.79 Å². The summed E-state index contributed by atoms with van der Waals surface area (Å²) in [5, 5.41) is 3.99. The first-order valence-electron chi connectivity index (χ1n) is 11.1. The molecule has 0 saturated carbocycles. The molecule has 1 aromatic heterocycles. The number of methoxy groups -OCH3 is 1. The van der Waals surface area contributed by atoms with Crippen LogP contribution in [0.3, 0.4) is 0 Å². The maximum Gasteiger partial charge on any atom is 0.348 e. The maximum absolute atomic E-state index is 13.4. The number of fused-ring (bicyclic) bond motifs is 1. The van der Waals surface area contributed by atoms with Crippen molar-refractivity contribution in [3.05, 3.63) is 52.4 Å². The Labute approximate surface area is 212 Å². The minimum Gasteiger partial charge on any atom is -0.492 e. The van der Waals surface area contributed by atoms with Crippen LogP contribution in [0.4, 0.5) is 5.69 Å². The second kappa shape index (κ2) is 10.5. The molecule has 2 heterocycles. The Hall–Kier alpha value is -2.66. The van der Waals surface area contributed by atoms with Gasteiger partial charge in [0.05, 0.1) is 19.6 Å². The monoisotopic (exact) mass is 536 g/mol. The summed E-state index contributed by atoms with van der Waals surface area (Å²) in [4.78, 5) is 25.3. The molecule has 3 aromatic rings. The predicted molar refractivity (Wildman–Crippen MR) is 136 cm³/mol. The van der Waals surface area contributed by atoms with Crippen LogP contribution in [0.2, 0.25) is 5.02 Å². The largest absolute Gasteiger partial charge is 0.492 e. The molecule has 1 aliphatic heterocycles. The summed E-state index contributed by atoms with van der Waals surface area (Å²) in [5.41, 5.74) is 0.574. The number of rotatable bonds is 7. The highest BCUT2D eigenvalue weighted by Crippen LogP contribution is 2.33. The molecule has 8 nitrogen and oxygen atoms in total. The molecule has 1 fully saturated rings.